The van der Waals surface area contributed by atoms with E-state index in [9.17, 15) is 4.39 Å². The van der Waals surface area contributed by atoms with Gasteiger partial charge in [0.1, 0.15) is 11.9 Å². The molecule has 0 fully saturated rings. The van der Waals surface area contributed by atoms with Gasteiger partial charge in [0.2, 0.25) is 0 Å². The molecule has 90 valence electrons. The number of nitrogens with zero attached hydrogens (tertiary/aromatic N) is 1. The fourth-order valence-electron chi connectivity index (χ4n) is 1.60. The standard InChI is InChI=1S/C14H10BrFN2/c1-9-2-5-12(16)14(6-9)18-13-7-11(15)4-3-10(13)8-17/h2-7,18H,1H3. The van der Waals surface area contributed by atoms with E-state index < -0.39 is 0 Å². The molecule has 0 aliphatic heterocycles. The first-order valence-electron chi connectivity index (χ1n) is 5.33. The van der Waals surface area contributed by atoms with Gasteiger partial charge in [-0.3, -0.25) is 0 Å². The van der Waals surface area contributed by atoms with Crippen molar-refractivity contribution in [3.05, 3.63) is 57.8 Å². The lowest BCUT2D eigenvalue weighted by atomic mass is 10.1. The van der Waals surface area contributed by atoms with Crippen molar-refractivity contribution in [2.45, 2.75) is 6.92 Å². The van der Waals surface area contributed by atoms with E-state index in [1.807, 2.05) is 6.92 Å². The van der Waals surface area contributed by atoms with E-state index in [1.54, 1.807) is 30.3 Å². The van der Waals surface area contributed by atoms with Gasteiger partial charge in [0.25, 0.3) is 0 Å². The van der Waals surface area contributed by atoms with Gasteiger partial charge in [-0.1, -0.05) is 22.0 Å². The minimum Gasteiger partial charge on any atom is -0.352 e. The molecule has 2 nitrogen and oxygen atoms in total. The monoisotopic (exact) mass is 304 g/mol. The van der Waals surface area contributed by atoms with Crippen LogP contribution in [-0.4, -0.2) is 0 Å². The Morgan fingerprint density at radius 3 is 2.67 bits per heavy atom. The summed E-state index contributed by atoms with van der Waals surface area (Å²) >= 11 is 3.33. The topological polar surface area (TPSA) is 35.8 Å². The Balaban J connectivity index is 2.43. The van der Waals surface area contributed by atoms with Gasteiger partial charge in [0, 0.05) is 4.47 Å². The molecule has 0 atom stereocenters. The van der Waals surface area contributed by atoms with Crippen molar-refractivity contribution in [3.8, 4) is 6.07 Å². The zero-order chi connectivity index (χ0) is 13.1. The van der Waals surface area contributed by atoms with E-state index in [4.69, 9.17) is 5.26 Å². The van der Waals surface area contributed by atoms with E-state index in [0.29, 0.717) is 16.9 Å². The van der Waals surface area contributed by atoms with E-state index in [2.05, 4.69) is 27.3 Å². The third kappa shape index (κ3) is 2.69. The Morgan fingerprint density at radius 1 is 1.17 bits per heavy atom. The lowest BCUT2D eigenvalue weighted by Gasteiger charge is -2.10. The summed E-state index contributed by atoms with van der Waals surface area (Å²) < 4.78 is 14.5. The molecular formula is C14H10BrFN2. The van der Waals surface area contributed by atoms with Gasteiger partial charge in [0.15, 0.2) is 0 Å². The molecule has 2 aromatic carbocycles. The summed E-state index contributed by atoms with van der Waals surface area (Å²) in [5, 5.41) is 12.0. The second-order valence-corrected chi connectivity index (χ2v) is 4.83. The van der Waals surface area contributed by atoms with Crippen molar-refractivity contribution in [3.63, 3.8) is 0 Å². The molecule has 0 aliphatic carbocycles. The van der Waals surface area contributed by atoms with Gasteiger partial charge in [-0.2, -0.15) is 5.26 Å². The highest BCUT2D eigenvalue weighted by molar-refractivity contribution is 9.10. The number of halogens is 2. The smallest absolute Gasteiger partial charge is 0.146 e. The minimum atomic E-state index is -0.343. The van der Waals surface area contributed by atoms with Gasteiger partial charge >= 0.3 is 0 Å². The quantitative estimate of drug-likeness (QED) is 0.886. The molecule has 18 heavy (non-hydrogen) atoms. The van der Waals surface area contributed by atoms with Crippen LogP contribution >= 0.6 is 15.9 Å². The molecule has 4 heteroatoms. The largest absolute Gasteiger partial charge is 0.352 e. The van der Waals surface area contributed by atoms with Crippen LogP contribution in [0.15, 0.2) is 40.9 Å². The number of benzene rings is 2. The molecule has 0 saturated heterocycles. The first-order valence-corrected chi connectivity index (χ1v) is 6.12. The van der Waals surface area contributed by atoms with Gasteiger partial charge in [-0.15, -0.1) is 0 Å². The second kappa shape index (κ2) is 5.19. The first kappa shape index (κ1) is 12.6. The van der Waals surface area contributed by atoms with Gasteiger partial charge in [-0.25, -0.2) is 4.39 Å². The Hall–Kier alpha value is -1.86. The molecule has 2 rings (SSSR count). The number of nitrogens with one attached hydrogen (secondary N) is 1. The lowest BCUT2D eigenvalue weighted by molar-refractivity contribution is 0.631. The Bertz CT molecular complexity index is 632. The molecule has 0 aromatic heterocycles. The van der Waals surface area contributed by atoms with E-state index in [0.717, 1.165) is 10.0 Å². The average Bonchev–Trinajstić information content (AvgIpc) is 2.34. The van der Waals surface area contributed by atoms with Crippen molar-refractivity contribution in [1.29, 1.82) is 5.26 Å². The third-order valence-corrected chi connectivity index (χ3v) is 2.99. The fraction of sp³-hybridized carbons (Fsp3) is 0.0714. The highest BCUT2D eigenvalue weighted by Crippen LogP contribution is 2.26. The zero-order valence-corrected chi connectivity index (χ0v) is 11.3. The van der Waals surface area contributed by atoms with Gasteiger partial charge in [-0.05, 0) is 42.8 Å². The predicted octanol–water partition coefficient (Wildman–Crippen LogP) is 4.51. The molecule has 0 amide bonds. The average molecular weight is 305 g/mol. The Kier molecular flexibility index (Phi) is 3.63. The summed E-state index contributed by atoms with van der Waals surface area (Å²) in [7, 11) is 0. The van der Waals surface area contributed by atoms with Gasteiger partial charge < -0.3 is 5.32 Å². The Morgan fingerprint density at radius 2 is 1.94 bits per heavy atom. The summed E-state index contributed by atoms with van der Waals surface area (Å²) in [6.07, 6.45) is 0. The molecule has 0 heterocycles. The molecule has 0 radical (unpaired) electrons. The first-order chi connectivity index (χ1) is 8.60. The van der Waals surface area contributed by atoms with Crippen molar-refractivity contribution in [1.82, 2.24) is 0 Å². The van der Waals surface area contributed by atoms with Crippen LogP contribution in [0.5, 0.6) is 0 Å². The SMILES string of the molecule is Cc1ccc(F)c(Nc2cc(Br)ccc2C#N)c1. The Labute approximate surface area is 113 Å². The summed E-state index contributed by atoms with van der Waals surface area (Å²) in [6.45, 7) is 1.89. The van der Waals surface area contributed by atoms with E-state index in [1.165, 1.54) is 6.07 Å². The van der Waals surface area contributed by atoms with E-state index >= 15 is 0 Å². The maximum atomic E-state index is 13.6. The summed E-state index contributed by atoms with van der Waals surface area (Å²) in [5.41, 5.74) is 2.37. The van der Waals surface area contributed by atoms with Crippen LogP contribution in [0.4, 0.5) is 15.8 Å². The number of aryl methyl sites for hydroxylation is 1. The minimum absolute atomic E-state index is 0.343. The number of hydrogen-bond donors (Lipinski definition) is 1. The number of hydrogen-bond acceptors (Lipinski definition) is 2. The molecule has 0 unspecified atom stereocenters. The summed E-state index contributed by atoms with van der Waals surface area (Å²) in [4.78, 5) is 0. The van der Waals surface area contributed by atoms with Crippen molar-refractivity contribution >= 4 is 27.3 Å². The van der Waals surface area contributed by atoms with Crippen molar-refractivity contribution in [2.24, 2.45) is 0 Å². The molecule has 1 N–H and O–H groups in total. The molecule has 0 bridgehead atoms. The van der Waals surface area contributed by atoms with Crippen LogP contribution in [0.1, 0.15) is 11.1 Å². The maximum Gasteiger partial charge on any atom is 0.146 e. The maximum absolute atomic E-state index is 13.6. The fourth-order valence-corrected chi connectivity index (χ4v) is 1.96. The number of anilines is 2. The van der Waals surface area contributed by atoms with Crippen LogP contribution in [0.25, 0.3) is 0 Å². The highest BCUT2D eigenvalue weighted by atomic mass is 79.9. The molecular weight excluding hydrogens is 295 g/mol. The summed E-state index contributed by atoms with van der Waals surface area (Å²) in [5.74, 6) is -0.343. The predicted molar refractivity (Wildman–Crippen MR) is 73.3 cm³/mol. The van der Waals surface area contributed by atoms with Crippen LogP contribution in [-0.2, 0) is 0 Å². The van der Waals surface area contributed by atoms with Crippen molar-refractivity contribution in [2.75, 3.05) is 5.32 Å². The van der Waals surface area contributed by atoms with Crippen molar-refractivity contribution < 1.29 is 4.39 Å². The normalized spacial score (nSPS) is 9.89. The van der Waals surface area contributed by atoms with Gasteiger partial charge in [0.05, 0.1) is 16.9 Å². The molecule has 0 saturated carbocycles. The number of nitriles is 1. The second-order valence-electron chi connectivity index (χ2n) is 3.91. The molecule has 0 aliphatic rings. The number of rotatable bonds is 2. The van der Waals surface area contributed by atoms with Crippen LogP contribution in [0, 0.1) is 24.1 Å². The zero-order valence-electron chi connectivity index (χ0n) is 9.67. The third-order valence-electron chi connectivity index (χ3n) is 2.49. The lowest BCUT2D eigenvalue weighted by Crippen LogP contribution is -1.97. The van der Waals surface area contributed by atoms with Crippen LogP contribution < -0.4 is 5.32 Å². The van der Waals surface area contributed by atoms with E-state index in [-0.39, 0.29) is 5.82 Å². The molecule has 0 spiro atoms. The highest BCUT2D eigenvalue weighted by Gasteiger charge is 2.07. The summed E-state index contributed by atoms with van der Waals surface area (Å²) in [6, 6.07) is 12.1. The van der Waals surface area contributed by atoms with Crippen LogP contribution in [0.3, 0.4) is 0 Å². The molecule has 2 aromatic rings. The van der Waals surface area contributed by atoms with Crippen LogP contribution in [0.2, 0.25) is 0 Å².